The second-order valence-electron chi connectivity index (χ2n) is 6.02. The summed E-state index contributed by atoms with van der Waals surface area (Å²) in [5.41, 5.74) is 3.05. The van der Waals surface area contributed by atoms with Crippen LogP contribution in [0.4, 0.5) is 19.1 Å². The molecular formula is C18H18F3N5. The highest BCUT2D eigenvalue weighted by atomic mass is 19.4. The molecule has 8 heteroatoms. The minimum absolute atomic E-state index is 0.0521. The highest BCUT2D eigenvalue weighted by Gasteiger charge is 2.32. The van der Waals surface area contributed by atoms with Gasteiger partial charge in [0.05, 0.1) is 12.2 Å². The first kappa shape index (κ1) is 17.9. The zero-order valence-electron chi connectivity index (χ0n) is 14.4. The van der Waals surface area contributed by atoms with Gasteiger partial charge in [-0.1, -0.05) is 24.3 Å². The van der Waals surface area contributed by atoms with Gasteiger partial charge in [-0.2, -0.15) is 18.3 Å². The van der Waals surface area contributed by atoms with E-state index in [0.29, 0.717) is 13.1 Å². The van der Waals surface area contributed by atoms with Crippen LogP contribution in [0.15, 0.2) is 42.6 Å². The lowest BCUT2D eigenvalue weighted by Gasteiger charge is -2.10. The number of anilines is 1. The maximum atomic E-state index is 12.7. The lowest BCUT2D eigenvalue weighted by Crippen LogP contribution is -2.11. The molecule has 3 aromatic rings. The maximum absolute atomic E-state index is 12.7. The van der Waals surface area contributed by atoms with Crippen LogP contribution in [0.25, 0.3) is 0 Å². The lowest BCUT2D eigenvalue weighted by atomic mass is 10.1. The molecule has 0 unspecified atom stereocenters. The Morgan fingerprint density at radius 2 is 1.85 bits per heavy atom. The van der Waals surface area contributed by atoms with Crippen LogP contribution < -0.4 is 5.32 Å². The van der Waals surface area contributed by atoms with Crippen LogP contribution in [-0.4, -0.2) is 19.7 Å². The molecule has 0 saturated heterocycles. The Hall–Kier alpha value is -2.90. The van der Waals surface area contributed by atoms with Gasteiger partial charge in [-0.3, -0.25) is 4.68 Å². The normalized spacial score (nSPS) is 11.6. The van der Waals surface area contributed by atoms with Gasteiger partial charge in [-0.15, -0.1) is 0 Å². The molecule has 0 aliphatic carbocycles. The van der Waals surface area contributed by atoms with E-state index in [1.54, 1.807) is 0 Å². The van der Waals surface area contributed by atoms with Crippen molar-refractivity contribution >= 4 is 5.95 Å². The number of nitrogens with zero attached hydrogens (tertiary/aromatic N) is 4. The molecule has 1 aromatic carbocycles. The summed E-state index contributed by atoms with van der Waals surface area (Å²) < 4.78 is 40.0. The summed E-state index contributed by atoms with van der Waals surface area (Å²) in [6.07, 6.45) is -3.39. The predicted molar refractivity (Wildman–Crippen MR) is 91.6 cm³/mol. The van der Waals surface area contributed by atoms with Gasteiger partial charge in [0, 0.05) is 18.4 Å². The van der Waals surface area contributed by atoms with Gasteiger partial charge in [-0.25, -0.2) is 9.97 Å². The Kier molecular flexibility index (Phi) is 4.92. The molecule has 0 aliphatic rings. The zero-order chi connectivity index (χ0) is 18.7. The second kappa shape index (κ2) is 7.15. The molecule has 0 fully saturated rings. The van der Waals surface area contributed by atoms with Crippen molar-refractivity contribution in [2.24, 2.45) is 0 Å². The molecule has 136 valence electrons. The van der Waals surface area contributed by atoms with Crippen LogP contribution in [0.5, 0.6) is 0 Å². The number of halogens is 3. The molecule has 0 radical (unpaired) electrons. The topological polar surface area (TPSA) is 55.6 Å². The molecule has 0 bridgehead atoms. The van der Waals surface area contributed by atoms with Crippen molar-refractivity contribution in [3.05, 3.63) is 70.8 Å². The predicted octanol–water partition coefficient (Wildman–Crippen LogP) is 3.97. The molecular weight excluding hydrogens is 343 g/mol. The monoisotopic (exact) mass is 361 g/mol. The Labute approximate surface area is 148 Å². The van der Waals surface area contributed by atoms with Crippen LogP contribution in [-0.2, 0) is 19.3 Å². The van der Waals surface area contributed by atoms with Crippen molar-refractivity contribution in [2.45, 2.75) is 33.1 Å². The smallest absolute Gasteiger partial charge is 0.350 e. The Bertz CT molecular complexity index is 902. The van der Waals surface area contributed by atoms with E-state index in [4.69, 9.17) is 0 Å². The Balaban J connectivity index is 1.69. The number of alkyl halides is 3. The number of hydrogen-bond acceptors (Lipinski definition) is 4. The summed E-state index contributed by atoms with van der Waals surface area (Å²) in [4.78, 5) is 7.34. The third-order valence-electron chi connectivity index (χ3n) is 3.82. The van der Waals surface area contributed by atoms with Crippen LogP contribution in [0.3, 0.4) is 0 Å². The van der Waals surface area contributed by atoms with E-state index < -0.39 is 11.9 Å². The summed E-state index contributed by atoms with van der Waals surface area (Å²) >= 11 is 0. The van der Waals surface area contributed by atoms with Crippen molar-refractivity contribution in [2.75, 3.05) is 5.32 Å². The van der Waals surface area contributed by atoms with E-state index in [1.807, 2.05) is 48.9 Å². The van der Waals surface area contributed by atoms with Crippen LogP contribution >= 0.6 is 0 Å². The van der Waals surface area contributed by atoms with Gasteiger partial charge in [0.15, 0.2) is 0 Å². The highest BCUT2D eigenvalue weighted by molar-refractivity contribution is 5.31. The van der Waals surface area contributed by atoms with E-state index in [-0.39, 0.29) is 5.95 Å². The third-order valence-corrected chi connectivity index (χ3v) is 3.82. The van der Waals surface area contributed by atoms with E-state index in [2.05, 4.69) is 20.4 Å². The summed E-state index contributed by atoms with van der Waals surface area (Å²) in [5.74, 6) is -0.0521. The van der Waals surface area contributed by atoms with Crippen molar-refractivity contribution in [3.8, 4) is 0 Å². The number of hydrogen-bond donors (Lipinski definition) is 1. The number of nitrogens with one attached hydrogen (secondary N) is 1. The zero-order valence-corrected chi connectivity index (χ0v) is 14.4. The molecule has 26 heavy (non-hydrogen) atoms. The summed E-state index contributed by atoms with van der Waals surface area (Å²) in [6.45, 7) is 4.90. The molecule has 0 amide bonds. The fourth-order valence-corrected chi connectivity index (χ4v) is 2.63. The van der Waals surface area contributed by atoms with Gasteiger partial charge in [-0.05, 0) is 37.1 Å². The van der Waals surface area contributed by atoms with E-state index in [0.717, 1.165) is 34.8 Å². The van der Waals surface area contributed by atoms with E-state index in [9.17, 15) is 13.2 Å². The van der Waals surface area contributed by atoms with Crippen molar-refractivity contribution in [1.82, 2.24) is 19.7 Å². The maximum Gasteiger partial charge on any atom is 0.433 e. The fraction of sp³-hybridized carbons (Fsp3) is 0.278. The van der Waals surface area contributed by atoms with Crippen LogP contribution in [0.2, 0.25) is 0 Å². The number of benzene rings is 1. The van der Waals surface area contributed by atoms with Crippen LogP contribution in [0.1, 0.15) is 28.2 Å². The lowest BCUT2D eigenvalue weighted by molar-refractivity contribution is -0.141. The first-order valence-corrected chi connectivity index (χ1v) is 8.04. The fourth-order valence-electron chi connectivity index (χ4n) is 2.63. The number of rotatable bonds is 5. The Morgan fingerprint density at radius 1 is 1.08 bits per heavy atom. The standard InChI is InChI=1S/C18H18F3N5/c1-12-8-13(2)26(25-12)11-15-5-3-4-14(9-15)10-23-17-22-7-6-16(24-17)18(19,20)21/h3-9H,10-11H2,1-2H3,(H,22,23,24). The molecule has 0 atom stereocenters. The van der Waals surface area contributed by atoms with Crippen molar-refractivity contribution in [3.63, 3.8) is 0 Å². The number of aromatic nitrogens is 4. The molecule has 2 heterocycles. The van der Waals surface area contributed by atoms with Crippen LogP contribution in [0, 0.1) is 13.8 Å². The minimum Gasteiger partial charge on any atom is -0.350 e. The second-order valence-corrected chi connectivity index (χ2v) is 6.02. The third kappa shape index (κ3) is 4.38. The molecule has 2 aromatic heterocycles. The minimum atomic E-state index is -4.49. The SMILES string of the molecule is Cc1cc(C)n(Cc2cccc(CNc3nccc(C(F)(F)F)n3)c2)n1. The van der Waals surface area contributed by atoms with Gasteiger partial charge >= 0.3 is 6.18 Å². The molecule has 5 nitrogen and oxygen atoms in total. The quantitative estimate of drug-likeness (QED) is 0.747. The Morgan fingerprint density at radius 3 is 2.54 bits per heavy atom. The van der Waals surface area contributed by atoms with Crippen molar-refractivity contribution < 1.29 is 13.2 Å². The first-order valence-electron chi connectivity index (χ1n) is 8.04. The largest absolute Gasteiger partial charge is 0.433 e. The van der Waals surface area contributed by atoms with Gasteiger partial charge in [0.1, 0.15) is 5.69 Å². The summed E-state index contributed by atoms with van der Waals surface area (Å²) in [6, 6.07) is 10.6. The molecule has 0 aliphatic heterocycles. The van der Waals surface area contributed by atoms with Gasteiger partial charge in [0.25, 0.3) is 0 Å². The summed E-state index contributed by atoms with van der Waals surface area (Å²) in [7, 11) is 0. The van der Waals surface area contributed by atoms with Crippen molar-refractivity contribution in [1.29, 1.82) is 0 Å². The van der Waals surface area contributed by atoms with Gasteiger partial charge in [0.2, 0.25) is 5.95 Å². The summed E-state index contributed by atoms with van der Waals surface area (Å²) in [5, 5.41) is 7.27. The molecule has 0 spiro atoms. The highest BCUT2D eigenvalue weighted by Crippen LogP contribution is 2.27. The molecule has 0 saturated carbocycles. The molecule has 1 N–H and O–H groups in total. The first-order chi connectivity index (χ1) is 12.3. The molecule has 3 rings (SSSR count). The number of aryl methyl sites for hydroxylation is 2. The van der Waals surface area contributed by atoms with Gasteiger partial charge < -0.3 is 5.32 Å². The average Bonchev–Trinajstić information content (AvgIpc) is 2.90. The average molecular weight is 361 g/mol. The van der Waals surface area contributed by atoms with E-state index >= 15 is 0 Å². The van der Waals surface area contributed by atoms with E-state index in [1.165, 1.54) is 0 Å².